The summed E-state index contributed by atoms with van der Waals surface area (Å²) in [5, 5.41) is 2.23. The molecule has 0 saturated heterocycles. The molecule has 8 heteroatoms. The molecule has 0 aliphatic carbocycles. The second-order valence-corrected chi connectivity index (χ2v) is 25.4. The molecule has 0 atom stereocenters. The van der Waals surface area contributed by atoms with E-state index in [1.165, 1.54) is 0 Å². The van der Waals surface area contributed by atoms with Gasteiger partial charge in [-0.3, -0.25) is 0 Å². The number of ether oxygens (including phenoxy) is 3. The van der Waals surface area contributed by atoms with Gasteiger partial charge >= 0.3 is 55.3 Å². The first kappa shape index (κ1) is 27.4. The SMILES string of the molecule is C=[CH][Sn]([Cl])([Cl])[CH]=C.COc1ccc(P(=O)(c2ccc(OC)cc2)c2ccc(OC)cc2)cc1. The summed E-state index contributed by atoms with van der Waals surface area (Å²) >= 11 is -2.81. The zero-order valence-corrected chi connectivity index (χ0v) is 24.1. The summed E-state index contributed by atoms with van der Waals surface area (Å²) in [5.41, 5.74) is 0. The quantitative estimate of drug-likeness (QED) is 0.242. The van der Waals surface area contributed by atoms with Gasteiger partial charge < -0.3 is 18.8 Å². The van der Waals surface area contributed by atoms with E-state index in [0.717, 1.165) is 33.2 Å². The molecule has 0 bridgehead atoms. The number of hydrogen-bond donors (Lipinski definition) is 0. The first-order valence-electron chi connectivity index (χ1n) is 9.93. The van der Waals surface area contributed by atoms with Crippen molar-refractivity contribution in [2.45, 2.75) is 0 Å². The number of hydrogen-bond acceptors (Lipinski definition) is 4. The predicted octanol–water partition coefficient (Wildman–Crippen LogP) is 5.71. The van der Waals surface area contributed by atoms with Crippen LogP contribution in [0.4, 0.5) is 0 Å². The Morgan fingerprint density at radius 1 is 0.636 bits per heavy atom. The average Bonchev–Trinajstić information content (AvgIpc) is 2.88. The Kier molecular flexibility index (Phi) is 10.4. The van der Waals surface area contributed by atoms with Gasteiger partial charge in [-0.2, -0.15) is 0 Å². The molecule has 4 nitrogen and oxygen atoms in total. The molecule has 0 heterocycles. The minimum absolute atomic E-state index is 0.727. The summed E-state index contributed by atoms with van der Waals surface area (Å²) in [6.45, 7) is 6.92. The van der Waals surface area contributed by atoms with Crippen molar-refractivity contribution in [1.82, 2.24) is 0 Å². The van der Waals surface area contributed by atoms with Gasteiger partial charge in [-0.05, 0) is 72.8 Å². The van der Waals surface area contributed by atoms with Crippen LogP contribution in [0.3, 0.4) is 0 Å². The Morgan fingerprint density at radius 3 is 1.03 bits per heavy atom. The molecule has 0 N–H and O–H groups in total. The van der Waals surface area contributed by atoms with Gasteiger partial charge in [0.15, 0.2) is 7.14 Å². The molecule has 0 aliphatic rings. The second-order valence-electron chi connectivity index (χ2n) is 6.79. The molecule has 0 amide bonds. The summed E-state index contributed by atoms with van der Waals surface area (Å²) in [6, 6.07) is 22.1. The Morgan fingerprint density at radius 2 is 0.879 bits per heavy atom. The summed E-state index contributed by atoms with van der Waals surface area (Å²) in [7, 11) is 13.1. The van der Waals surface area contributed by atoms with E-state index >= 15 is 0 Å². The predicted molar refractivity (Wildman–Crippen MR) is 143 cm³/mol. The van der Waals surface area contributed by atoms with Gasteiger partial charge in [-0.1, -0.05) is 0 Å². The van der Waals surface area contributed by atoms with Crippen LogP contribution in [0.2, 0.25) is 0 Å². The minimum Gasteiger partial charge on any atom is -0.497 e. The monoisotopic (exact) mass is 612 g/mol. The van der Waals surface area contributed by atoms with E-state index in [1.807, 2.05) is 72.8 Å². The van der Waals surface area contributed by atoms with Crippen LogP contribution in [0, 0.1) is 0 Å². The first-order chi connectivity index (χ1) is 15.7. The average molecular weight is 612 g/mol. The summed E-state index contributed by atoms with van der Waals surface area (Å²) < 4.78 is 33.2. The molecule has 0 radical (unpaired) electrons. The molecular formula is C25H27Cl2O4PSn. The number of rotatable bonds is 8. The first-order valence-corrected chi connectivity index (χ1v) is 22.2. The van der Waals surface area contributed by atoms with Crippen LogP contribution in [-0.2, 0) is 4.57 Å². The van der Waals surface area contributed by atoms with Gasteiger partial charge in [0, 0.05) is 15.9 Å². The van der Waals surface area contributed by atoms with Crippen LogP contribution in [-0.4, -0.2) is 37.5 Å². The smallest absolute Gasteiger partial charge is 0.171 e. The topological polar surface area (TPSA) is 44.8 Å². The normalized spacial score (nSPS) is 10.9. The third-order valence-corrected chi connectivity index (χ3v) is 15.2. The van der Waals surface area contributed by atoms with Gasteiger partial charge in [0.2, 0.25) is 0 Å². The zero-order valence-electron chi connectivity index (χ0n) is 18.8. The van der Waals surface area contributed by atoms with Crippen molar-refractivity contribution in [3.8, 4) is 17.2 Å². The summed E-state index contributed by atoms with van der Waals surface area (Å²) in [4.78, 5) is 0. The van der Waals surface area contributed by atoms with Crippen molar-refractivity contribution < 1.29 is 18.8 Å². The summed E-state index contributed by atoms with van der Waals surface area (Å²) in [6.07, 6.45) is 0. The van der Waals surface area contributed by atoms with Gasteiger partial charge in [-0.15, -0.1) is 0 Å². The third kappa shape index (κ3) is 7.06. The Hall–Kier alpha value is -1.85. The van der Waals surface area contributed by atoms with Gasteiger partial charge in [0.05, 0.1) is 21.3 Å². The fourth-order valence-corrected chi connectivity index (χ4v) is 5.98. The molecule has 3 aromatic rings. The Balaban J connectivity index is 0.000000479. The third-order valence-electron chi connectivity index (χ3n) is 4.85. The van der Waals surface area contributed by atoms with E-state index in [9.17, 15) is 4.57 Å². The van der Waals surface area contributed by atoms with Crippen LogP contribution >= 0.6 is 25.0 Å². The number of benzene rings is 3. The maximum absolute atomic E-state index is 14.3. The molecule has 3 rings (SSSR count). The summed E-state index contributed by atoms with van der Waals surface area (Å²) in [5.74, 6) is 2.18. The van der Waals surface area contributed by atoms with Crippen LogP contribution in [0.25, 0.3) is 0 Å². The van der Waals surface area contributed by atoms with E-state index < -0.39 is 23.3 Å². The van der Waals surface area contributed by atoms with Crippen LogP contribution in [0.5, 0.6) is 17.2 Å². The van der Waals surface area contributed by atoms with E-state index in [-0.39, 0.29) is 0 Å². The minimum atomic E-state index is -3.03. The molecule has 0 aliphatic heterocycles. The van der Waals surface area contributed by atoms with Gasteiger partial charge in [-0.25, -0.2) is 0 Å². The van der Waals surface area contributed by atoms with Crippen molar-refractivity contribution in [3.05, 3.63) is 94.1 Å². The number of halogens is 2. The van der Waals surface area contributed by atoms with Gasteiger partial charge in [0.1, 0.15) is 17.2 Å². The van der Waals surface area contributed by atoms with Crippen LogP contribution < -0.4 is 30.1 Å². The molecule has 3 aromatic carbocycles. The van der Waals surface area contributed by atoms with Crippen molar-refractivity contribution in [2.24, 2.45) is 0 Å². The molecule has 174 valence electrons. The van der Waals surface area contributed by atoms with Crippen molar-refractivity contribution in [1.29, 1.82) is 0 Å². The maximum atomic E-state index is 14.3. The van der Waals surface area contributed by atoms with E-state index in [4.69, 9.17) is 32.1 Å². The number of methoxy groups -OCH3 is 3. The van der Waals surface area contributed by atoms with Gasteiger partial charge in [0.25, 0.3) is 0 Å². The Labute approximate surface area is 207 Å². The van der Waals surface area contributed by atoms with E-state index in [1.54, 1.807) is 29.5 Å². The van der Waals surface area contributed by atoms with Crippen LogP contribution in [0.1, 0.15) is 0 Å². The molecule has 0 spiro atoms. The van der Waals surface area contributed by atoms with E-state index in [2.05, 4.69) is 13.2 Å². The Bertz CT molecular complexity index is 966. The molecule has 0 fully saturated rings. The fraction of sp³-hybridized carbons (Fsp3) is 0.120. The molecule has 33 heavy (non-hydrogen) atoms. The molecular weight excluding hydrogens is 585 g/mol. The maximum Gasteiger partial charge on any atom is 0.171 e. The standard InChI is InChI=1S/C21H21O4P.2C2H3.2ClH.Sn/c1-23-16-4-10-19(11-5-16)26(22,20-12-6-17(24-2)7-13-20)21-14-8-18(25-3)9-15-21;2*1-2;;;/h4-15H,1-3H3;2*1H,2H2;2*1H;/q;;;;;+2/p-2. The second kappa shape index (κ2) is 12.6. The van der Waals surface area contributed by atoms with Crippen LogP contribution in [0.15, 0.2) is 94.1 Å². The van der Waals surface area contributed by atoms with Crippen molar-refractivity contribution >= 4 is 57.0 Å². The largest absolute Gasteiger partial charge is 0.497 e. The van der Waals surface area contributed by atoms with Crippen molar-refractivity contribution in [3.63, 3.8) is 0 Å². The molecule has 0 saturated carbocycles. The molecule has 0 aromatic heterocycles. The zero-order chi connectivity index (χ0) is 24.5. The van der Waals surface area contributed by atoms with E-state index in [0.29, 0.717) is 0 Å². The van der Waals surface area contributed by atoms with Crippen molar-refractivity contribution in [2.75, 3.05) is 21.3 Å². The fourth-order valence-electron chi connectivity index (χ4n) is 2.91. The molecule has 0 unspecified atom stereocenters.